The van der Waals surface area contributed by atoms with Gasteiger partial charge in [0.05, 0.1) is 21.7 Å². The molecule has 0 aromatic heterocycles. The Labute approximate surface area is 139 Å². The molecule has 0 spiro atoms. The molecule has 0 heterocycles. The van der Waals surface area contributed by atoms with E-state index in [2.05, 4.69) is 6.58 Å². The van der Waals surface area contributed by atoms with Crippen LogP contribution in [0.2, 0.25) is 10.0 Å². The SMILES string of the molecule is C=CCOc1ccc(Cl)c(Cl)c1C(O)c1ccc(C#N)cc1. The summed E-state index contributed by atoms with van der Waals surface area (Å²) in [4.78, 5) is 0. The predicted octanol–water partition coefficient (Wildman–Crippen LogP) is 4.51. The lowest BCUT2D eigenvalue weighted by molar-refractivity contribution is 0.213. The average molecular weight is 334 g/mol. The molecule has 1 unspecified atom stereocenters. The van der Waals surface area contributed by atoms with E-state index in [1.165, 1.54) is 0 Å². The minimum absolute atomic E-state index is 0.236. The molecule has 0 bridgehead atoms. The quantitative estimate of drug-likeness (QED) is 0.819. The highest BCUT2D eigenvalue weighted by Crippen LogP contribution is 2.39. The number of rotatable bonds is 5. The van der Waals surface area contributed by atoms with Gasteiger partial charge in [-0.2, -0.15) is 5.26 Å². The van der Waals surface area contributed by atoms with Crippen molar-refractivity contribution in [2.75, 3.05) is 6.61 Å². The van der Waals surface area contributed by atoms with E-state index in [-0.39, 0.29) is 11.6 Å². The second-order valence-corrected chi connectivity index (χ2v) is 5.29. The topological polar surface area (TPSA) is 53.2 Å². The van der Waals surface area contributed by atoms with Gasteiger partial charge in [-0.1, -0.05) is 48.0 Å². The van der Waals surface area contributed by atoms with Crippen molar-refractivity contribution in [3.8, 4) is 11.8 Å². The van der Waals surface area contributed by atoms with Crippen LogP contribution < -0.4 is 4.74 Å². The maximum Gasteiger partial charge on any atom is 0.127 e. The van der Waals surface area contributed by atoms with Crippen LogP contribution in [0.1, 0.15) is 22.8 Å². The van der Waals surface area contributed by atoms with Crippen molar-refractivity contribution in [1.82, 2.24) is 0 Å². The van der Waals surface area contributed by atoms with E-state index in [0.29, 0.717) is 27.5 Å². The maximum atomic E-state index is 10.6. The summed E-state index contributed by atoms with van der Waals surface area (Å²) in [6.07, 6.45) is 0.583. The molecule has 0 aliphatic rings. The number of hydrogen-bond acceptors (Lipinski definition) is 3. The minimum Gasteiger partial charge on any atom is -0.489 e. The average Bonchev–Trinajstić information content (AvgIpc) is 2.55. The summed E-state index contributed by atoms with van der Waals surface area (Å²) in [5, 5.41) is 20.0. The van der Waals surface area contributed by atoms with Crippen LogP contribution >= 0.6 is 23.2 Å². The number of halogens is 2. The molecular formula is C17H13Cl2NO2. The summed E-state index contributed by atoms with van der Waals surface area (Å²) >= 11 is 12.3. The second-order valence-electron chi connectivity index (χ2n) is 4.51. The number of ether oxygens (including phenoxy) is 1. The maximum absolute atomic E-state index is 10.6. The number of benzene rings is 2. The predicted molar refractivity (Wildman–Crippen MR) is 87.4 cm³/mol. The number of aliphatic hydroxyl groups is 1. The summed E-state index contributed by atoms with van der Waals surface area (Å²) in [6, 6.07) is 11.9. The van der Waals surface area contributed by atoms with Gasteiger partial charge in [0, 0.05) is 5.56 Å². The van der Waals surface area contributed by atoms with Gasteiger partial charge in [-0.25, -0.2) is 0 Å². The molecule has 3 nitrogen and oxygen atoms in total. The molecule has 2 aromatic rings. The molecule has 0 fully saturated rings. The third kappa shape index (κ3) is 3.42. The molecule has 1 N–H and O–H groups in total. The van der Waals surface area contributed by atoms with Gasteiger partial charge < -0.3 is 9.84 Å². The van der Waals surface area contributed by atoms with E-state index in [1.807, 2.05) is 6.07 Å². The van der Waals surface area contributed by atoms with Gasteiger partial charge >= 0.3 is 0 Å². The van der Waals surface area contributed by atoms with Crippen LogP contribution in [0.15, 0.2) is 49.1 Å². The van der Waals surface area contributed by atoms with Gasteiger partial charge in [0.25, 0.3) is 0 Å². The first-order valence-corrected chi connectivity index (χ1v) is 7.23. The van der Waals surface area contributed by atoms with Gasteiger partial charge in [0.15, 0.2) is 0 Å². The minimum atomic E-state index is -1.02. The number of aliphatic hydroxyl groups excluding tert-OH is 1. The van der Waals surface area contributed by atoms with Gasteiger partial charge in [-0.05, 0) is 29.8 Å². The molecule has 5 heteroatoms. The fourth-order valence-corrected chi connectivity index (χ4v) is 2.41. The van der Waals surface area contributed by atoms with Crippen molar-refractivity contribution in [2.24, 2.45) is 0 Å². The molecule has 2 rings (SSSR count). The van der Waals surface area contributed by atoms with Crippen molar-refractivity contribution < 1.29 is 9.84 Å². The summed E-state index contributed by atoms with van der Waals surface area (Å²) < 4.78 is 5.54. The molecule has 0 aliphatic heterocycles. The van der Waals surface area contributed by atoms with Crippen LogP contribution in [0.3, 0.4) is 0 Å². The monoisotopic (exact) mass is 333 g/mol. The molecule has 0 amide bonds. The summed E-state index contributed by atoms with van der Waals surface area (Å²) in [7, 11) is 0. The van der Waals surface area contributed by atoms with E-state index >= 15 is 0 Å². The number of hydrogen-bond donors (Lipinski definition) is 1. The fourth-order valence-electron chi connectivity index (χ4n) is 1.98. The Kier molecular flexibility index (Phi) is 5.46. The largest absolute Gasteiger partial charge is 0.489 e. The Morgan fingerprint density at radius 2 is 1.91 bits per heavy atom. The van der Waals surface area contributed by atoms with E-state index in [9.17, 15) is 5.11 Å². The second kappa shape index (κ2) is 7.33. The number of nitriles is 1. The molecule has 22 heavy (non-hydrogen) atoms. The molecular weight excluding hydrogens is 321 g/mol. The Morgan fingerprint density at radius 1 is 1.23 bits per heavy atom. The van der Waals surface area contributed by atoms with E-state index in [4.69, 9.17) is 33.2 Å². The van der Waals surface area contributed by atoms with Gasteiger partial charge in [0.1, 0.15) is 18.5 Å². The van der Waals surface area contributed by atoms with E-state index < -0.39 is 6.10 Å². The van der Waals surface area contributed by atoms with Crippen molar-refractivity contribution >= 4 is 23.2 Å². The van der Waals surface area contributed by atoms with Crippen molar-refractivity contribution in [3.63, 3.8) is 0 Å². The van der Waals surface area contributed by atoms with Crippen molar-refractivity contribution in [3.05, 3.63) is 75.8 Å². The Bertz CT molecular complexity index is 721. The highest BCUT2D eigenvalue weighted by atomic mass is 35.5. The third-order valence-corrected chi connectivity index (χ3v) is 3.90. The molecule has 0 saturated carbocycles. The van der Waals surface area contributed by atoms with E-state index in [0.717, 1.165) is 0 Å². The molecule has 0 aliphatic carbocycles. The van der Waals surface area contributed by atoms with Crippen LogP contribution in [-0.4, -0.2) is 11.7 Å². The van der Waals surface area contributed by atoms with Crippen LogP contribution in [0.5, 0.6) is 5.75 Å². The summed E-state index contributed by atoms with van der Waals surface area (Å²) in [5.74, 6) is 0.436. The van der Waals surface area contributed by atoms with Gasteiger partial charge in [0.2, 0.25) is 0 Å². The molecule has 2 aromatic carbocycles. The lowest BCUT2D eigenvalue weighted by Gasteiger charge is -2.18. The first-order valence-electron chi connectivity index (χ1n) is 6.48. The first-order chi connectivity index (χ1) is 10.6. The van der Waals surface area contributed by atoms with Crippen LogP contribution in [-0.2, 0) is 0 Å². The van der Waals surface area contributed by atoms with Crippen LogP contribution in [0.4, 0.5) is 0 Å². The molecule has 112 valence electrons. The van der Waals surface area contributed by atoms with Crippen molar-refractivity contribution in [1.29, 1.82) is 5.26 Å². The third-order valence-electron chi connectivity index (χ3n) is 3.08. The Balaban J connectivity index is 2.46. The highest BCUT2D eigenvalue weighted by Gasteiger charge is 2.21. The molecule has 0 saturated heterocycles. The normalized spacial score (nSPS) is 11.5. The Hall–Kier alpha value is -1.99. The van der Waals surface area contributed by atoms with E-state index in [1.54, 1.807) is 42.5 Å². The van der Waals surface area contributed by atoms with Crippen LogP contribution in [0, 0.1) is 11.3 Å². The van der Waals surface area contributed by atoms with Crippen LogP contribution in [0.25, 0.3) is 0 Å². The van der Waals surface area contributed by atoms with Gasteiger partial charge in [-0.15, -0.1) is 0 Å². The zero-order valence-corrected chi connectivity index (χ0v) is 13.1. The number of nitrogens with zero attached hydrogens (tertiary/aromatic N) is 1. The molecule has 0 radical (unpaired) electrons. The zero-order valence-electron chi connectivity index (χ0n) is 11.6. The van der Waals surface area contributed by atoms with Gasteiger partial charge in [-0.3, -0.25) is 0 Å². The summed E-state index contributed by atoms with van der Waals surface area (Å²) in [6.45, 7) is 3.87. The smallest absolute Gasteiger partial charge is 0.127 e. The lowest BCUT2D eigenvalue weighted by atomic mass is 9.99. The lowest BCUT2D eigenvalue weighted by Crippen LogP contribution is -2.05. The highest BCUT2D eigenvalue weighted by molar-refractivity contribution is 6.42. The molecule has 1 atom stereocenters. The Morgan fingerprint density at radius 3 is 2.50 bits per heavy atom. The fraction of sp³-hybridized carbons (Fsp3) is 0.118. The standard InChI is InChI=1S/C17H13Cl2NO2/c1-2-9-22-14-8-7-13(18)16(19)15(14)17(21)12-5-3-11(10-20)4-6-12/h2-8,17,21H,1,9H2. The first kappa shape index (κ1) is 16.4. The van der Waals surface area contributed by atoms with Crippen molar-refractivity contribution in [2.45, 2.75) is 6.10 Å². The summed E-state index contributed by atoms with van der Waals surface area (Å²) in [5.41, 5.74) is 1.49. The zero-order chi connectivity index (χ0) is 16.1.